The third-order valence-corrected chi connectivity index (χ3v) is 4.59. The molecule has 0 unspecified atom stereocenters. The third kappa shape index (κ3) is 5.96. The Morgan fingerprint density at radius 2 is 1.71 bits per heavy atom. The molecule has 2 amide bonds. The van der Waals surface area contributed by atoms with Crippen LogP contribution < -0.4 is 21.1 Å². The number of aromatic hydroxyl groups is 1. The number of amides is 2. The number of carbonyl (C=O) groups excluding carboxylic acids is 1. The van der Waals surface area contributed by atoms with Gasteiger partial charge in [-0.3, -0.25) is 15.2 Å². The number of rotatable bonds is 6. The molecule has 3 N–H and O–H groups in total. The first-order valence-corrected chi connectivity index (χ1v) is 9.99. The van der Waals surface area contributed by atoms with Gasteiger partial charge in [0.05, 0.1) is 18.4 Å². The number of halogens is 3. The van der Waals surface area contributed by atoms with E-state index in [0.29, 0.717) is 11.4 Å². The molecule has 0 radical (unpaired) electrons. The lowest BCUT2D eigenvalue weighted by Gasteiger charge is -2.09. The Hall–Kier alpha value is -4.81. The van der Waals surface area contributed by atoms with Crippen molar-refractivity contribution in [3.8, 4) is 17.3 Å². The van der Waals surface area contributed by atoms with Crippen LogP contribution in [0.1, 0.15) is 5.56 Å². The van der Waals surface area contributed by atoms with Gasteiger partial charge in [0.25, 0.3) is 0 Å². The minimum Gasteiger partial charge on any atom is -0.493 e. The van der Waals surface area contributed by atoms with Crippen LogP contribution in [-0.4, -0.2) is 36.6 Å². The molecule has 4 rings (SSSR count). The van der Waals surface area contributed by atoms with E-state index in [-0.39, 0.29) is 18.1 Å². The van der Waals surface area contributed by atoms with Gasteiger partial charge in [-0.05, 0) is 54.1 Å². The largest absolute Gasteiger partial charge is 0.573 e. The number of benzene rings is 1. The van der Waals surface area contributed by atoms with Crippen LogP contribution in [0, 0.1) is 0 Å². The second-order valence-corrected chi connectivity index (χ2v) is 7.12. The number of ether oxygens (including phenoxy) is 1. The van der Waals surface area contributed by atoms with Gasteiger partial charge >= 0.3 is 18.1 Å². The topological polar surface area (TPSA) is 123 Å². The minimum absolute atomic E-state index is 0.0215. The molecule has 0 bridgehead atoms. The van der Waals surface area contributed by atoms with Crippen molar-refractivity contribution in [1.29, 1.82) is 0 Å². The molecule has 0 aliphatic heterocycles. The average molecular weight is 486 g/mol. The van der Waals surface area contributed by atoms with Crippen molar-refractivity contribution in [2.24, 2.45) is 0 Å². The summed E-state index contributed by atoms with van der Waals surface area (Å²) in [4.78, 5) is 33.0. The van der Waals surface area contributed by atoms with Crippen molar-refractivity contribution >= 4 is 17.7 Å². The number of nitrogens with one attached hydrogen (secondary N) is 2. The normalized spacial score (nSPS) is 11.2. The summed E-state index contributed by atoms with van der Waals surface area (Å²) in [7, 11) is 0. The third-order valence-electron chi connectivity index (χ3n) is 4.59. The number of hydrogen-bond acceptors (Lipinski definition) is 6. The molecular weight excluding hydrogens is 469 g/mol. The highest BCUT2D eigenvalue weighted by molar-refractivity contribution is 5.98. The van der Waals surface area contributed by atoms with Crippen molar-refractivity contribution in [2.45, 2.75) is 12.9 Å². The van der Waals surface area contributed by atoms with Gasteiger partial charge in [-0.2, -0.15) is 0 Å². The summed E-state index contributed by atoms with van der Waals surface area (Å²) in [5, 5.41) is 15.4. The Balaban J connectivity index is 1.48. The van der Waals surface area contributed by atoms with Crippen molar-refractivity contribution in [2.75, 3.05) is 10.6 Å². The van der Waals surface area contributed by atoms with E-state index < -0.39 is 29.7 Å². The maximum atomic E-state index is 12.8. The van der Waals surface area contributed by atoms with Crippen molar-refractivity contribution < 1.29 is 27.8 Å². The van der Waals surface area contributed by atoms with E-state index in [1.54, 1.807) is 30.3 Å². The molecule has 0 fully saturated rings. The van der Waals surface area contributed by atoms with E-state index in [0.717, 1.165) is 16.7 Å². The molecular formula is C22H17F3N6O4. The second kappa shape index (κ2) is 9.59. The SMILES string of the molecule is O=C(Nc1ccccn1)Nc1cc(Cn2cc(O)n(-c3ccc(OC(F)(F)F)cc3)c2=O)ccn1. The first-order chi connectivity index (χ1) is 16.7. The van der Waals surface area contributed by atoms with Crippen LogP contribution in [-0.2, 0) is 6.54 Å². The highest BCUT2D eigenvalue weighted by Crippen LogP contribution is 2.24. The van der Waals surface area contributed by atoms with Crippen molar-refractivity contribution in [3.05, 3.63) is 89.2 Å². The number of hydrogen-bond donors (Lipinski definition) is 3. The Kier molecular flexibility index (Phi) is 6.40. The number of imidazole rings is 1. The van der Waals surface area contributed by atoms with Gasteiger partial charge in [0.15, 0.2) is 0 Å². The van der Waals surface area contributed by atoms with Gasteiger partial charge < -0.3 is 9.84 Å². The van der Waals surface area contributed by atoms with Crippen LogP contribution in [0.4, 0.5) is 29.6 Å². The highest BCUT2D eigenvalue weighted by Gasteiger charge is 2.31. The highest BCUT2D eigenvalue weighted by atomic mass is 19.4. The number of anilines is 2. The van der Waals surface area contributed by atoms with Crippen molar-refractivity contribution in [1.82, 2.24) is 19.1 Å². The summed E-state index contributed by atoms with van der Waals surface area (Å²) in [6.45, 7) is 0.0215. The molecule has 35 heavy (non-hydrogen) atoms. The molecule has 3 heterocycles. The van der Waals surface area contributed by atoms with E-state index >= 15 is 0 Å². The molecule has 0 saturated heterocycles. The zero-order chi connectivity index (χ0) is 25.0. The number of pyridine rings is 2. The number of alkyl halides is 3. The number of urea groups is 1. The zero-order valence-electron chi connectivity index (χ0n) is 17.7. The lowest BCUT2D eigenvalue weighted by molar-refractivity contribution is -0.274. The molecule has 180 valence electrons. The molecule has 0 aliphatic carbocycles. The summed E-state index contributed by atoms with van der Waals surface area (Å²) in [6.07, 6.45) is -0.698. The summed E-state index contributed by atoms with van der Waals surface area (Å²) < 4.78 is 43.0. The van der Waals surface area contributed by atoms with Gasteiger partial charge in [-0.1, -0.05) is 6.07 Å². The second-order valence-electron chi connectivity index (χ2n) is 7.12. The molecule has 10 nitrogen and oxygen atoms in total. The minimum atomic E-state index is -4.85. The molecule has 0 aliphatic rings. The molecule has 0 atom stereocenters. The van der Waals surface area contributed by atoms with Crippen molar-refractivity contribution in [3.63, 3.8) is 0 Å². The van der Waals surface area contributed by atoms with Crippen LogP contribution in [0.15, 0.2) is 78.0 Å². The van der Waals surface area contributed by atoms with Crippen LogP contribution in [0.2, 0.25) is 0 Å². The molecule has 3 aromatic heterocycles. The van der Waals surface area contributed by atoms with E-state index in [1.807, 2.05) is 0 Å². The van der Waals surface area contributed by atoms with E-state index in [1.165, 1.54) is 35.3 Å². The zero-order valence-corrected chi connectivity index (χ0v) is 17.7. The van der Waals surface area contributed by atoms with E-state index in [4.69, 9.17) is 0 Å². The predicted molar refractivity (Wildman–Crippen MR) is 119 cm³/mol. The van der Waals surface area contributed by atoms with Gasteiger partial charge in [-0.25, -0.2) is 24.1 Å². The van der Waals surface area contributed by atoms with E-state index in [9.17, 15) is 27.9 Å². The van der Waals surface area contributed by atoms with Crippen LogP contribution in [0.3, 0.4) is 0 Å². The summed E-state index contributed by atoms with van der Waals surface area (Å²) in [6, 6.07) is 12.1. The number of carbonyl (C=O) groups is 1. The smallest absolute Gasteiger partial charge is 0.493 e. The van der Waals surface area contributed by atoms with E-state index in [2.05, 4.69) is 25.3 Å². The van der Waals surface area contributed by atoms with Crippen LogP contribution >= 0.6 is 0 Å². The van der Waals surface area contributed by atoms with Gasteiger partial charge in [0, 0.05) is 12.4 Å². The fourth-order valence-electron chi connectivity index (χ4n) is 3.17. The maximum absolute atomic E-state index is 12.8. The maximum Gasteiger partial charge on any atom is 0.573 e. The summed E-state index contributed by atoms with van der Waals surface area (Å²) in [5.41, 5.74) is 0.0940. The molecule has 13 heteroatoms. The van der Waals surface area contributed by atoms with Gasteiger partial charge in [-0.15, -0.1) is 13.2 Å². The fourth-order valence-corrected chi connectivity index (χ4v) is 3.17. The molecule has 0 spiro atoms. The van der Waals surface area contributed by atoms with Gasteiger partial charge in [0.1, 0.15) is 17.4 Å². The quantitative estimate of drug-likeness (QED) is 0.382. The standard InChI is InChI=1S/C22H17F3N6O4/c23-22(24,25)35-16-6-4-15(5-7-16)31-19(32)13-30(21(31)34)12-14-8-10-27-18(11-14)29-20(33)28-17-3-1-2-9-26-17/h1-11,13,32H,12H2,(H2,26,27,28,29,33). The molecule has 0 saturated carbocycles. The fraction of sp³-hybridized carbons (Fsp3) is 0.0909. The monoisotopic (exact) mass is 486 g/mol. The Morgan fingerprint density at radius 1 is 1.00 bits per heavy atom. The predicted octanol–water partition coefficient (Wildman–Crippen LogP) is 3.73. The average Bonchev–Trinajstić information content (AvgIpc) is 3.07. The van der Waals surface area contributed by atoms with Gasteiger partial charge in [0.2, 0.25) is 5.88 Å². The Bertz CT molecular complexity index is 1390. The summed E-state index contributed by atoms with van der Waals surface area (Å²) in [5.74, 6) is -0.311. The van der Waals surface area contributed by atoms with Crippen LogP contribution in [0.5, 0.6) is 11.6 Å². The number of aromatic nitrogens is 4. The lowest BCUT2D eigenvalue weighted by Crippen LogP contribution is -2.24. The first kappa shape index (κ1) is 23.4. The Labute approximate surface area is 195 Å². The Morgan fingerprint density at radius 3 is 2.40 bits per heavy atom. The summed E-state index contributed by atoms with van der Waals surface area (Å²) >= 11 is 0. The molecule has 1 aromatic carbocycles. The molecule has 4 aromatic rings. The lowest BCUT2D eigenvalue weighted by atomic mass is 10.2. The van der Waals surface area contributed by atoms with Crippen LogP contribution in [0.25, 0.3) is 5.69 Å². The first-order valence-electron chi connectivity index (χ1n) is 9.99. The number of nitrogens with zero attached hydrogens (tertiary/aromatic N) is 4.